The van der Waals surface area contributed by atoms with Crippen molar-refractivity contribution in [1.82, 2.24) is 4.90 Å². The molecule has 1 saturated heterocycles. The van der Waals surface area contributed by atoms with E-state index in [4.69, 9.17) is 9.47 Å². The quantitative estimate of drug-likeness (QED) is 0.769. The largest absolute Gasteiger partial charge is 0.486 e. The Balaban J connectivity index is 1.29. The molecule has 4 rings (SSSR count). The summed E-state index contributed by atoms with van der Waals surface area (Å²) in [5, 5.41) is 2.92. The Morgan fingerprint density at radius 1 is 1.07 bits per heavy atom. The predicted molar refractivity (Wildman–Crippen MR) is 115 cm³/mol. The number of nitrogens with zero attached hydrogens (tertiary/aromatic N) is 1. The van der Waals surface area contributed by atoms with Crippen LogP contribution < -0.4 is 14.8 Å². The van der Waals surface area contributed by atoms with E-state index in [9.17, 15) is 4.79 Å². The number of carbonyl (C=O) groups excluding carboxylic acids is 1. The number of hydrogen-bond donors (Lipinski definition) is 1. The normalized spacial score (nSPS) is 17.4. The van der Waals surface area contributed by atoms with Crippen LogP contribution in [0.15, 0.2) is 48.5 Å². The maximum atomic E-state index is 12.2. The van der Waals surface area contributed by atoms with Crippen LogP contribution in [0.5, 0.6) is 11.5 Å². The molecule has 2 aliphatic rings. The summed E-state index contributed by atoms with van der Waals surface area (Å²) in [6, 6.07) is 13.8. The van der Waals surface area contributed by atoms with Gasteiger partial charge in [0.1, 0.15) is 13.2 Å². The van der Waals surface area contributed by atoms with Gasteiger partial charge in [-0.3, -0.25) is 9.69 Å². The number of ether oxygens (including phenoxy) is 2. The summed E-state index contributed by atoms with van der Waals surface area (Å²) in [6.07, 6.45) is 5.88. The zero-order valence-corrected chi connectivity index (χ0v) is 16.9. The average Bonchev–Trinajstić information content (AvgIpc) is 2.75. The molecule has 2 aliphatic heterocycles. The second kappa shape index (κ2) is 9.14. The molecule has 0 aliphatic carbocycles. The molecule has 1 fully saturated rings. The first-order valence-electron chi connectivity index (χ1n) is 10.4. The van der Waals surface area contributed by atoms with E-state index in [0.717, 1.165) is 35.2 Å². The van der Waals surface area contributed by atoms with Gasteiger partial charge < -0.3 is 14.8 Å². The predicted octanol–water partition coefficient (Wildman–Crippen LogP) is 4.34. The average molecular weight is 392 g/mol. The number of benzene rings is 2. The first kappa shape index (κ1) is 19.5. The Morgan fingerprint density at radius 2 is 1.79 bits per heavy atom. The summed E-state index contributed by atoms with van der Waals surface area (Å²) in [5.41, 5.74) is 2.98. The van der Waals surface area contributed by atoms with Crippen molar-refractivity contribution in [2.45, 2.75) is 26.3 Å². The van der Waals surface area contributed by atoms with Crippen LogP contribution in [0.3, 0.4) is 0 Å². The minimum Gasteiger partial charge on any atom is -0.486 e. The van der Waals surface area contributed by atoms with Crippen LogP contribution in [0, 0.1) is 5.92 Å². The number of anilines is 1. The number of hydrogen-bond acceptors (Lipinski definition) is 4. The fourth-order valence-corrected chi connectivity index (χ4v) is 3.69. The summed E-state index contributed by atoms with van der Waals surface area (Å²) in [6.45, 7) is 6.77. The molecule has 152 valence electrons. The highest BCUT2D eigenvalue weighted by atomic mass is 16.6. The topological polar surface area (TPSA) is 50.8 Å². The molecule has 29 heavy (non-hydrogen) atoms. The maximum absolute atomic E-state index is 12.2. The summed E-state index contributed by atoms with van der Waals surface area (Å²) < 4.78 is 11.1. The molecular weight excluding hydrogens is 364 g/mol. The van der Waals surface area contributed by atoms with Gasteiger partial charge in [0, 0.05) is 18.3 Å². The van der Waals surface area contributed by atoms with E-state index in [1.54, 1.807) is 6.08 Å². The molecule has 0 unspecified atom stereocenters. The lowest BCUT2D eigenvalue weighted by atomic mass is 9.99. The summed E-state index contributed by atoms with van der Waals surface area (Å²) in [5.74, 6) is 2.16. The van der Waals surface area contributed by atoms with Crippen LogP contribution >= 0.6 is 0 Å². The fourth-order valence-electron chi connectivity index (χ4n) is 3.69. The first-order valence-corrected chi connectivity index (χ1v) is 10.4. The van der Waals surface area contributed by atoms with E-state index in [0.29, 0.717) is 13.2 Å². The number of amides is 1. The summed E-state index contributed by atoms with van der Waals surface area (Å²) >= 11 is 0. The van der Waals surface area contributed by atoms with E-state index in [1.165, 1.54) is 37.6 Å². The molecule has 2 heterocycles. The lowest BCUT2D eigenvalue weighted by Crippen LogP contribution is -2.32. The molecular formula is C24H28N2O3. The van der Waals surface area contributed by atoms with Crippen molar-refractivity contribution in [3.8, 4) is 11.5 Å². The Bertz CT molecular complexity index is 868. The molecule has 0 bridgehead atoms. The maximum Gasteiger partial charge on any atom is 0.248 e. The van der Waals surface area contributed by atoms with Crippen LogP contribution in [0.1, 0.15) is 30.9 Å². The standard InChI is InChI=1S/C24H28N2O3/c1-18-10-12-26(13-11-18)17-20-2-6-21(7-3-20)25-24(27)9-5-19-4-8-22-23(16-19)29-15-14-28-22/h2-9,16,18H,10-15,17H2,1H3,(H,25,27)/b9-5-. The number of nitrogens with one attached hydrogen (secondary N) is 1. The smallest absolute Gasteiger partial charge is 0.248 e. The molecule has 5 heteroatoms. The molecule has 0 aromatic heterocycles. The highest BCUT2D eigenvalue weighted by molar-refractivity contribution is 6.01. The third-order valence-electron chi connectivity index (χ3n) is 5.50. The lowest BCUT2D eigenvalue weighted by Gasteiger charge is -2.30. The molecule has 0 radical (unpaired) electrons. The van der Waals surface area contributed by atoms with Gasteiger partial charge in [0.05, 0.1) is 0 Å². The number of piperidine rings is 1. The van der Waals surface area contributed by atoms with Gasteiger partial charge in [-0.25, -0.2) is 0 Å². The van der Waals surface area contributed by atoms with Gasteiger partial charge in [-0.1, -0.05) is 25.1 Å². The molecule has 0 spiro atoms. The Morgan fingerprint density at radius 3 is 2.55 bits per heavy atom. The highest BCUT2D eigenvalue weighted by Crippen LogP contribution is 2.31. The summed E-state index contributed by atoms with van der Waals surface area (Å²) in [4.78, 5) is 14.7. The van der Waals surface area contributed by atoms with Crippen LogP contribution in [-0.4, -0.2) is 37.1 Å². The number of fused-ring (bicyclic) bond motifs is 1. The number of rotatable bonds is 5. The Hall–Kier alpha value is -2.79. The van der Waals surface area contributed by atoms with Crippen LogP contribution in [0.4, 0.5) is 5.69 Å². The summed E-state index contributed by atoms with van der Waals surface area (Å²) in [7, 11) is 0. The van der Waals surface area contributed by atoms with Gasteiger partial charge in [-0.15, -0.1) is 0 Å². The monoisotopic (exact) mass is 392 g/mol. The minimum atomic E-state index is -0.155. The fraction of sp³-hybridized carbons (Fsp3) is 0.375. The molecule has 1 amide bonds. The minimum absolute atomic E-state index is 0.155. The van der Waals surface area contributed by atoms with Crippen molar-refractivity contribution < 1.29 is 14.3 Å². The van der Waals surface area contributed by atoms with Crippen LogP contribution in [0.25, 0.3) is 6.08 Å². The van der Waals surface area contributed by atoms with Gasteiger partial charge >= 0.3 is 0 Å². The van der Waals surface area contributed by atoms with Crippen LogP contribution in [-0.2, 0) is 11.3 Å². The third kappa shape index (κ3) is 5.39. The molecule has 1 N–H and O–H groups in total. The van der Waals surface area contributed by atoms with Crippen molar-refractivity contribution in [2.24, 2.45) is 5.92 Å². The number of likely N-dealkylation sites (tertiary alicyclic amines) is 1. The molecule has 2 aromatic carbocycles. The van der Waals surface area contributed by atoms with E-state index >= 15 is 0 Å². The molecule has 5 nitrogen and oxygen atoms in total. The van der Waals surface area contributed by atoms with E-state index in [-0.39, 0.29) is 5.91 Å². The zero-order chi connectivity index (χ0) is 20.1. The molecule has 0 atom stereocenters. The lowest BCUT2D eigenvalue weighted by molar-refractivity contribution is -0.111. The van der Waals surface area contributed by atoms with Crippen molar-refractivity contribution in [1.29, 1.82) is 0 Å². The van der Waals surface area contributed by atoms with E-state index < -0.39 is 0 Å². The van der Waals surface area contributed by atoms with Crippen LogP contribution in [0.2, 0.25) is 0 Å². The van der Waals surface area contributed by atoms with E-state index in [2.05, 4.69) is 29.3 Å². The van der Waals surface area contributed by atoms with Crippen molar-refractivity contribution >= 4 is 17.7 Å². The van der Waals surface area contributed by atoms with E-state index in [1.807, 2.05) is 30.3 Å². The van der Waals surface area contributed by atoms with Crippen molar-refractivity contribution in [3.63, 3.8) is 0 Å². The molecule has 2 aromatic rings. The van der Waals surface area contributed by atoms with Crippen molar-refractivity contribution in [3.05, 3.63) is 59.7 Å². The Labute approximate surface area is 172 Å². The Kier molecular flexibility index (Phi) is 6.15. The van der Waals surface area contributed by atoms with Crippen molar-refractivity contribution in [2.75, 3.05) is 31.6 Å². The van der Waals surface area contributed by atoms with Gasteiger partial charge in [0.15, 0.2) is 11.5 Å². The number of carbonyl (C=O) groups is 1. The molecule has 0 saturated carbocycles. The van der Waals surface area contributed by atoms with Gasteiger partial charge in [0.2, 0.25) is 5.91 Å². The SMILES string of the molecule is CC1CCN(Cc2ccc(NC(=O)/C=C\c3ccc4c(c3)OCCO4)cc2)CC1. The second-order valence-corrected chi connectivity index (χ2v) is 7.88. The highest BCUT2D eigenvalue weighted by Gasteiger charge is 2.15. The zero-order valence-electron chi connectivity index (χ0n) is 16.9. The van der Waals surface area contributed by atoms with Gasteiger partial charge in [0.25, 0.3) is 0 Å². The van der Waals surface area contributed by atoms with Gasteiger partial charge in [-0.05, 0) is 73.3 Å². The second-order valence-electron chi connectivity index (χ2n) is 7.88. The van der Waals surface area contributed by atoms with Gasteiger partial charge in [-0.2, -0.15) is 0 Å². The first-order chi connectivity index (χ1) is 14.2. The third-order valence-corrected chi connectivity index (χ3v) is 5.50.